The lowest BCUT2D eigenvalue weighted by molar-refractivity contribution is -0.158. The van der Waals surface area contributed by atoms with Crippen molar-refractivity contribution >= 4 is 0 Å². The van der Waals surface area contributed by atoms with Gasteiger partial charge >= 0.3 is 0 Å². The van der Waals surface area contributed by atoms with Gasteiger partial charge in [-0.15, -0.1) is 0 Å². The Hall–Kier alpha value is -1.30. The number of nitrogens with zero attached hydrogens (tertiary/aromatic N) is 1. The third-order valence-corrected chi connectivity index (χ3v) is 9.17. The van der Waals surface area contributed by atoms with Crippen LogP contribution < -0.4 is 9.47 Å². The van der Waals surface area contributed by atoms with Gasteiger partial charge in [-0.1, -0.05) is 25.8 Å². The zero-order valence-electron chi connectivity index (χ0n) is 23.1. The van der Waals surface area contributed by atoms with E-state index in [4.69, 9.17) is 14.2 Å². The number of likely N-dealkylation sites (tertiary alicyclic amines) is 1. The molecule has 1 N–H and O–H groups in total. The summed E-state index contributed by atoms with van der Waals surface area (Å²) in [7, 11) is 0. The molecule has 2 fully saturated rings. The van der Waals surface area contributed by atoms with Gasteiger partial charge in [0.2, 0.25) is 0 Å². The lowest BCUT2D eigenvalue weighted by atomic mass is 9.53. The van der Waals surface area contributed by atoms with Gasteiger partial charge in [0.05, 0.1) is 23.2 Å². The Morgan fingerprint density at radius 3 is 2.54 bits per heavy atom. The normalized spacial score (nSPS) is 32.7. The van der Waals surface area contributed by atoms with Crippen molar-refractivity contribution in [3.8, 4) is 11.5 Å². The van der Waals surface area contributed by atoms with Gasteiger partial charge in [0.1, 0.15) is 11.7 Å². The summed E-state index contributed by atoms with van der Waals surface area (Å²) < 4.78 is 19.5. The van der Waals surface area contributed by atoms with E-state index in [0.717, 1.165) is 56.2 Å². The summed E-state index contributed by atoms with van der Waals surface area (Å²) in [4.78, 5) is 2.61. The Balaban J connectivity index is 1.51. The molecule has 2 aliphatic carbocycles. The van der Waals surface area contributed by atoms with Crippen LogP contribution in [0.2, 0.25) is 0 Å². The molecule has 4 aliphatic rings. The van der Waals surface area contributed by atoms with Crippen molar-refractivity contribution in [3.63, 3.8) is 0 Å². The van der Waals surface area contributed by atoms with Crippen LogP contribution in [0.25, 0.3) is 0 Å². The van der Waals surface area contributed by atoms with Gasteiger partial charge in [0.25, 0.3) is 0 Å². The fourth-order valence-corrected chi connectivity index (χ4v) is 7.16. The molecule has 4 atom stereocenters. The van der Waals surface area contributed by atoms with E-state index in [1.807, 2.05) is 0 Å². The minimum atomic E-state index is -0.837. The molecule has 0 amide bonds. The van der Waals surface area contributed by atoms with Gasteiger partial charge in [-0.25, -0.2) is 0 Å². The van der Waals surface area contributed by atoms with Crippen molar-refractivity contribution in [2.75, 3.05) is 19.7 Å². The molecule has 1 saturated heterocycles. The molecule has 196 valence electrons. The second-order valence-electron chi connectivity index (χ2n) is 13.5. The van der Waals surface area contributed by atoms with Crippen LogP contribution in [-0.4, -0.2) is 58.7 Å². The minimum Gasteiger partial charge on any atom is -0.485 e. The molecule has 1 unspecified atom stereocenters. The number of ether oxygens (including phenoxy) is 3. The van der Waals surface area contributed by atoms with E-state index in [2.05, 4.69) is 65.5 Å². The Labute approximate surface area is 212 Å². The van der Waals surface area contributed by atoms with Crippen LogP contribution in [0.1, 0.15) is 98.1 Å². The first-order chi connectivity index (χ1) is 16.4. The third kappa shape index (κ3) is 4.20. The number of hydrogen-bond acceptors (Lipinski definition) is 5. The first-order valence-electron chi connectivity index (χ1n) is 14.0. The summed E-state index contributed by atoms with van der Waals surface area (Å²) in [6.07, 6.45) is 7.81. The van der Waals surface area contributed by atoms with E-state index in [-0.39, 0.29) is 23.2 Å². The molecule has 1 spiro atoms. The van der Waals surface area contributed by atoms with Crippen LogP contribution >= 0.6 is 0 Å². The monoisotopic (exact) mass is 485 g/mol. The van der Waals surface area contributed by atoms with Crippen LogP contribution in [0.15, 0.2) is 12.1 Å². The second kappa shape index (κ2) is 8.63. The van der Waals surface area contributed by atoms with Gasteiger partial charge in [-0.3, -0.25) is 4.90 Å². The van der Waals surface area contributed by atoms with Crippen LogP contribution in [-0.2, 0) is 16.6 Å². The van der Waals surface area contributed by atoms with Crippen molar-refractivity contribution in [2.24, 2.45) is 5.92 Å². The average molecular weight is 486 g/mol. The lowest BCUT2D eigenvalue weighted by Crippen LogP contribution is -2.73. The van der Waals surface area contributed by atoms with Crippen molar-refractivity contribution < 1.29 is 19.3 Å². The van der Waals surface area contributed by atoms with Crippen molar-refractivity contribution in [1.29, 1.82) is 0 Å². The number of aliphatic hydroxyl groups is 1. The Morgan fingerprint density at radius 2 is 1.91 bits per heavy atom. The zero-order chi connectivity index (χ0) is 25.2. The first-order valence-corrected chi connectivity index (χ1v) is 14.0. The molecule has 0 radical (unpaired) electrons. The number of rotatable bonds is 8. The third-order valence-electron chi connectivity index (χ3n) is 9.17. The fraction of sp³-hybridized carbons (Fsp3) is 0.800. The van der Waals surface area contributed by atoms with Crippen LogP contribution in [0.3, 0.4) is 0 Å². The molecule has 2 aliphatic heterocycles. The van der Waals surface area contributed by atoms with Gasteiger partial charge in [0.15, 0.2) is 11.5 Å². The average Bonchev–Trinajstić information content (AvgIpc) is 3.04. The van der Waals surface area contributed by atoms with Gasteiger partial charge in [-0.2, -0.15) is 0 Å². The van der Waals surface area contributed by atoms with Gasteiger partial charge < -0.3 is 19.3 Å². The van der Waals surface area contributed by atoms with Crippen LogP contribution in [0.4, 0.5) is 0 Å². The maximum Gasteiger partial charge on any atom is 0.165 e. The quantitative estimate of drug-likeness (QED) is 0.516. The summed E-state index contributed by atoms with van der Waals surface area (Å²) in [6.45, 7) is 17.3. The predicted octanol–water partition coefficient (Wildman–Crippen LogP) is 5.64. The Morgan fingerprint density at radius 1 is 1.17 bits per heavy atom. The number of piperidine rings is 1. The van der Waals surface area contributed by atoms with E-state index in [1.165, 1.54) is 30.4 Å². The molecule has 2 bridgehead atoms. The molecule has 2 heterocycles. The molecule has 1 saturated carbocycles. The summed E-state index contributed by atoms with van der Waals surface area (Å²) in [5.41, 5.74) is 0.633. The molecular formula is C30H47NO4. The van der Waals surface area contributed by atoms with E-state index >= 15 is 0 Å². The van der Waals surface area contributed by atoms with Crippen molar-refractivity contribution in [2.45, 2.75) is 128 Å². The van der Waals surface area contributed by atoms with Gasteiger partial charge in [0, 0.05) is 18.2 Å². The molecule has 5 nitrogen and oxygen atoms in total. The van der Waals surface area contributed by atoms with Crippen LogP contribution in [0.5, 0.6) is 11.5 Å². The highest BCUT2D eigenvalue weighted by Crippen LogP contribution is 2.62. The van der Waals surface area contributed by atoms with Crippen molar-refractivity contribution in [3.05, 3.63) is 23.3 Å². The standard InChI is InChI=1S/C30H47NO4/c1-8-10-24-30-15-16-31(18-20-11-9-12-20)23(29(30,7)32)17-21-13-14-22(26(34-24)25(21)30)35-28(5,6)19-33-27(2,3)4/h13-14,20,23-24,32H,8-12,15-19H2,1-7H3/t23-,24?,29-,30-/m1/s1. The zero-order valence-corrected chi connectivity index (χ0v) is 23.1. The van der Waals surface area contributed by atoms with Crippen LogP contribution in [0, 0.1) is 5.92 Å². The number of hydrogen-bond donors (Lipinski definition) is 1. The smallest absolute Gasteiger partial charge is 0.165 e. The number of fused-ring (bicyclic) bond motifs is 1. The SMILES string of the molecule is CCCC1Oc2c(OC(C)(C)COC(C)(C)C)ccc3c2[C@@]12CCN(CC1CCC1)[C@H](C3)[C@@]2(C)O. The summed E-state index contributed by atoms with van der Waals surface area (Å²) in [5, 5.41) is 12.4. The Bertz CT molecular complexity index is 944. The largest absolute Gasteiger partial charge is 0.485 e. The molecule has 0 aromatic heterocycles. The predicted molar refractivity (Wildman–Crippen MR) is 140 cm³/mol. The van der Waals surface area contributed by atoms with E-state index in [9.17, 15) is 5.11 Å². The summed E-state index contributed by atoms with van der Waals surface area (Å²) >= 11 is 0. The molecule has 5 rings (SSSR count). The molecular weight excluding hydrogens is 438 g/mol. The summed E-state index contributed by atoms with van der Waals surface area (Å²) in [6, 6.07) is 4.49. The molecule has 1 aromatic rings. The maximum atomic E-state index is 12.4. The molecule has 35 heavy (non-hydrogen) atoms. The lowest BCUT2D eigenvalue weighted by Gasteiger charge is -2.60. The Kier molecular flexibility index (Phi) is 6.25. The highest BCUT2D eigenvalue weighted by molar-refractivity contribution is 5.62. The molecule has 5 heteroatoms. The molecule has 1 aromatic carbocycles. The van der Waals surface area contributed by atoms with E-state index in [1.54, 1.807) is 0 Å². The van der Waals surface area contributed by atoms with Gasteiger partial charge in [-0.05, 0) is 97.7 Å². The second-order valence-corrected chi connectivity index (χ2v) is 13.5. The topological polar surface area (TPSA) is 51.2 Å². The summed E-state index contributed by atoms with van der Waals surface area (Å²) in [5.74, 6) is 2.46. The highest BCUT2D eigenvalue weighted by Gasteiger charge is 2.68. The maximum absolute atomic E-state index is 12.4. The minimum absolute atomic E-state index is 0.0245. The van der Waals surface area contributed by atoms with E-state index in [0.29, 0.717) is 6.61 Å². The fourth-order valence-electron chi connectivity index (χ4n) is 7.16. The number of benzene rings is 1. The highest BCUT2D eigenvalue weighted by atomic mass is 16.6. The van der Waals surface area contributed by atoms with Crippen molar-refractivity contribution in [1.82, 2.24) is 4.90 Å². The first kappa shape index (κ1) is 25.4. The van der Waals surface area contributed by atoms with E-state index < -0.39 is 11.2 Å².